The number of alkyl halides is 1. The third-order valence-electron chi connectivity index (χ3n) is 1.28. The number of hydrogen-bond donors (Lipinski definition) is 0. The Bertz CT molecular complexity index is 171. The van der Waals surface area contributed by atoms with Crippen LogP contribution in [-0.2, 0) is 9.53 Å². The number of hydrogen-bond acceptors (Lipinski definition) is 2. The van der Waals surface area contributed by atoms with Crippen molar-refractivity contribution in [2.24, 2.45) is 5.92 Å². The first-order valence-corrected chi connectivity index (χ1v) is 5.07. The number of carbonyl (C=O) groups excluding carboxylic acids is 1. The molecule has 0 aromatic rings. The van der Waals surface area contributed by atoms with E-state index in [2.05, 4.69) is 15.9 Å². The summed E-state index contributed by atoms with van der Waals surface area (Å²) in [6.45, 7) is 6.21. The Morgan fingerprint density at radius 2 is 2.17 bits per heavy atom. The van der Waals surface area contributed by atoms with Crippen LogP contribution in [0.25, 0.3) is 0 Å². The Morgan fingerprint density at radius 1 is 1.58 bits per heavy atom. The molecule has 0 N–H and O–H groups in total. The van der Waals surface area contributed by atoms with Gasteiger partial charge in [-0.25, -0.2) is 0 Å². The van der Waals surface area contributed by atoms with Gasteiger partial charge in [0.25, 0.3) is 0 Å². The standard InChI is InChI=1S/C9H15BrO2/c1-7(2)6-8(3)9(11)12-5-4-10/h6,8H,4-5H2,1-3H3/t8-/m0/s1. The topological polar surface area (TPSA) is 26.3 Å². The summed E-state index contributed by atoms with van der Waals surface area (Å²) < 4.78 is 4.92. The number of ether oxygens (including phenoxy) is 1. The van der Waals surface area contributed by atoms with Gasteiger partial charge in [0.05, 0.1) is 5.92 Å². The summed E-state index contributed by atoms with van der Waals surface area (Å²) in [5.41, 5.74) is 1.14. The van der Waals surface area contributed by atoms with Gasteiger partial charge in [0, 0.05) is 5.33 Å². The Morgan fingerprint density at radius 3 is 2.58 bits per heavy atom. The number of allylic oxidation sites excluding steroid dienone is 1. The Hall–Kier alpha value is -0.310. The lowest BCUT2D eigenvalue weighted by Gasteiger charge is -2.06. The first-order chi connectivity index (χ1) is 5.57. The molecule has 0 bridgehead atoms. The van der Waals surface area contributed by atoms with Crippen LogP contribution in [0.15, 0.2) is 11.6 Å². The van der Waals surface area contributed by atoms with Crippen molar-refractivity contribution in [3.63, 3.8) is 0 Å². The number of carbonyl (C=O) groups is 1. The molecule has 2 nitrogen and oxygen atoms in total. The van der Waals surface area contributed by atoms with Crippen LogP contribution in [0, 0.1) is 5.92 Å². The third-order valence-corrected chi connectivity index (χ3v) is 1.60. The lowest BCUT2D eigenvalue weighted by molar-refractivity contribution is -0.145. The first-order valence-electron chi connectivity index (χ1n) is 3.95. The zero-order valence-corrected chi connectivity index (χ0v) is 9.35. The fraction of sp³-hybridized carbons (Fsp3) is 0.667. The third kappa shape index (κ3) is 5.35. The summed E-state index contributed by atoms with van der Waals surface area (Å²) in [6, 6.07) is 0. The second kappa shape index (κ2) is 6.23. The van der Waals surface area contributed by atoms with Gasteiger partial charge in [-0.05, 0) is 20.8 Å². The van der Waals surface area contributed by atoms with E-state index in [1.54, 1.807) is 0 Å². The zero-order chi connectivity index (χ0) is 9.56. The highest BCUT2D eigenvalue weighted by molar-refractivity contribution is 9.09. The van der Waals surface area contributed by atoms with Crippen LogP contribution in [0.5, 0.6) is 0 Å². The second-order valence-corrected chi connectivity index (χ2v) is 3.68. The maximum atomic E-state index is 11.1. The lowest BCUT2D eigenvalue weighted by atomic mass is 10.1. The van der Waals surface area contributed by atoms with E-state index in [4.69, 9.17) is 4.74 Å². The molecule has 0 unspecified atom stereocenters. The number of halogens is 1. The smallest absolute Gasteiger partial charge is 0.312 e. The van der Waals surface area contributed by atoms with E-state index >= 15 is 0 Å². The highest BCUT2D eigenvalue weighted by Crippen LogP contribution is 2.04. The molecule has 0 amide bonds. The highest BCUT2D eigenvalue weighted by Gasteiger charge is 2.10. The molecule has 1 atom stereocenters. The Kier molecular flexibility index (Phi) is 6.07. The van der Waals surface area contributed by atoms with Crippen LogP contribution < -0.4 is 0 Å². The van der Waals surface area contributed by atoms with Crippen LogP contribution in [0.2, 0.25) is 0 Å². The zero-order valence-electron chi connectivity index (χ0n) is 7.76. The maximum Gasteiger partial charge on any atom is 0.312 e. The first kappa shape index (κ1) is 11.7. The van der Waals surface area contributed by atoms with Crippen LogP contribution in [0.1, 0.15) is 20.8 Å². The van der Waals surface area contributed by atoms with Crippen molar-refractivity contribution in [1.29, 1.82) is 0 Å². The van der Waals surface area contributed by atoms with Crippen LogP contribution in [0.3, 0.4) is 0 Å². The van der Waals surface area contributed by atoms with Crippen molar-refractivity contribution < 1.29 is 9.53 Å². The SMILES string of the molecule is CC(C)=C[C@H](C)C(=O)OCCBr. The van der Waals surface area contributed by atoms with Crippen molar-refractivity contribution in [2.45, 2.75) is 20.8 Å². The molecule has 0 spiro atoms. The summed E-state index contributed by atoms with van der Waals surface area (Å²) in [6.07, 6.45) is 1.90. The molecule has 0 aliphatic rings. The predicted octanol–water partition coefficient (Wildman–Crippen LogP) is 2.53. The van der Waals surface area contributed by atoms with Gasteiger partial charge >= 0.3 is 5.97 Å². The predicted molar refractivity (Wildman–Crippen MR) is 53.3 cm³/mol. The van der Waals surface area contributed by atoms with E-state index in [9.17, 15) is 4.79 Å². The molecule has 12 heavy (non-hydrogen) atoms. The quantitative estimate of drug-likeness (QED) is 0.425. The van der Waals surface area contributed by atoms with Crippen molar-refractivity contribution >= 4 is 21.9 Å². The molecule has 70 valence electrons. The molecule has 0 aromatic heterocycles. The van der Waals surface area contributed by atoms with Crippen LogP contribution >= 0.6 is 15.9 Å². The summed E-state index contributed by atoms with van der Waals surface area (Å²) in [5, 5.41) is 0.695. The van der Waals surface area contributed by atoms with E-state index < -0.39 is 0 Å². The molecule has 0 aliphatic carbocycles. The van der Waals surface area contributed by atoms with Crippen molar-refractivity contribution in [3.8, 4) is 0 Å². The van der Waals surface area contributed by atoms with Gasteiger partial charge in [0.2, 0.25) is 0 Å². The monoisotopic (exact) mass is 234 g/mol. The van der Waals surface area contributed by atoms with Gasteiger partial charge in [-0.1, -0.05) is 27.6 Å². The molecule has 0 radical (unpaired) electrons. The average Bonchev–Trinajstić information content (AvgIpc) is 1.98. The van der Waals surface area contributed by atoms with E-state index in [1.807, 2.05) is 26.8 Å². The van der Waals surface area contributed by atoms with E-state index in [-0.39, 0.29) is 11.9 Å². The summed E-state index contributed by atoms with van der Waals surface area (Å²) in [4.78, 5) is 11.1. The minimum atomic E-state index is -0.157. The second-order valence-electron chi connectivity index (χ2n) is 2.89. The van der Waals surface area contributed by atoms with E-state index in [1.165, 1.54) is 0 Å². The average molecular weight is 235 g/mol. The number of esters is 1. The van der Waals surface area contributed by atoms with Gasteiger partial charge in [-0.15, -0.1) is 0 Å². The molecule has 0 aliphatic heterocycles. The molecule has 0 saturated heterocycles. The summed E-state index contributed by atoms with van der Waals surface area (Å²) in [7, 11) is 0. The maximum absolute atomic E-state index is 11.1. The minimum Gasteiger partial charge on any atom is -0.464 e. The molecule has 0 heterocycles. The highest BCUT2D eigenvalue weighted by atomic mass is 79.9. The minimum absolute atomic E-state index is 0.131. The van der Waals surface area contributed by atoms with Crippen molar-refractivity contribution in [2.75, 3.05) is 11.9 Å². The summed E-state index contributed by atoms with van der Waals surface area (Å²) in [5.74, 6) is -0.287. The summed E-state index contributed by atoms with van der Waals surface area (Å²) >= 11 is 3.19. The van der Waals surface area contributed by atoms with E-state index in [0.29, 0.717) is 11.9 Å². The molecular formula is C9H15BrO2. The molecule has 0 saturated carbocycles. The van der Waals surface area contributed by atoms with Gasteiger partial charge < -0.3 is 4.74 Å². The fourth-order valence-electron chi connectivity index (χ4n) is 0.839. The normalized spacial score (nSPS) is 12.0. The van der Waals surface area contributed by atoms with Crippen LogP contribution in [-0.4, -0.2) is 17.9 Å². The lowest BCUT2D eigenvalue weighted by Crippen LogP contribution is -2.14. The van der Waals surface area contributed by atoms with E-state index in [0.717, 1.165) is 5.57 Å². The Labute approximate surface area is 82.1 Å². The van der Waals surface area contributed by atoms with Gasteiger partial charge in [0.1, 0.15) is 6.61 Å². The van der Waals surface area contributed by atoms with Gasteiger partial charge in [0.15, 0.2) is 0 Å². The Balaban J connectivity index is 3.85. The largest absolute Gasteiger partial charge is 0.464 e. The van der Waals surface area contributed by atoms with Crippen molar-refractivity contribution in [1.82, 2.24) is 0 Å². The molecule has 0 rings (SSSR count). The molecule has 3 heteroatoms. The van der Waals surface area contributed by atoms with Crippen LogP contribution in [0.4, 0.5) is 0 Å². The van der Waals surface area contributed by atoms with Gasteiger partial charge in [-0.2, -0.15) is 0 Å². The molecular weight excluding hydrogens is 220 g/mol. The molecule has 0 aromatic carbocycles. The fourth-order valence-corrected chi connectivity index (χ4v) is 1.00. The van der Waals surface area contributed by atoms with Gasteiger partial charge in [-0.3, -0.25) is 4.79 Å². The number of rotatable bonds is 4. The van der Waals surface area contributed by atoms with Crippen molar-refractivity contribution in [3.05, 3.63) is 11.6 Å². The molecule has 0 fully saturated rings.